The summed E-state index contributed by atoms with van der Waals surface area (Å²) in [7, 11) is -4.18. The monoisotopic (exact) mass is 651 g/mol. The van der Waals surface area contributed by atoms with Crippen molar-refractivity contribution in [3.63, 3.8) is 0 Å². The zero-order chi connectivity index (χ0) is 31.9. The Labute approximate surface area is 269 Å². The van der Waals surface area contributed by atoms with Crippen molar-refractivity contribution in [2.75, 3.05) is 17.4 Å². The third-order valence-corrected chi connectivity index (χ3v) is 9.74. The van der Waals surface area contributed by atoms with Gasteiger partial charge in [0.15, 0.2) is 0 Å². The van der Waals surface area contributed by atoms with Crippen molar-refractivity contribution in [2.24, 2.45) is 0 Å². The molecular formula is C34H35Cl2N3O4S. The van der Waals surface area contributed by atoms with E-state index in [4.69, 9.17) is 23.2 Å². The van der Waals surface area contributed by atoms with Crippen LogP contribution in [-0.2, 0) is 32.6 Å². The van der Waals surface area contributed by atoms with E-state index >= 15 is 0 Å². The highest BCUT2D eigenvalue weighted by Crippen LogP contribution is 2.29. The summed E-state index contributed by atoms with van der Waals surface area (Å²) in [6, 6.07) is 26.9. The second-order valence-electron chi connectivity index (χ2n) is 10.5. The highest BCUT2D eigenvalue weighted by molar-refractivity contribution is 7.92. The molecular weight excluding hydrogens is 617 g/mol. The number of nitrogens with one attached hydrogen (secondary N) is 1. The molecule has 0 aliphatic rings. The van der Waals surface area contributed by atoms with Crippen LogP contribution in [0.2, 0.25) is 10.0 Å². The Kier molecular flexibility index (Phi) is 11.1. The number of para-hydroxylation sites is 1. The number of halogens is 2. The predicted molar refractivity (Wildman–Crippen MR) is 177 cm³/mol. The number of hydrogen-bond donors (Lipinski definition) is 1. The molecule has 10 heteroatoms. The van der Waals surface area contributed by atoms with Gasteiger partial charge in [-0.25, -0.2) is 8.42 Å². The van der Waals surface area contributed by atoms with Gasteiger partial charge in [0.1, 0.15) is 12.6 Å². The minimum absolute atomic E-state index is 0.00342. The van der Waals surface area contributed by atoms with Crippen LogP contribution in [0.5, 0.6) is 0 Å². The van der Waals surface area contributed by atoms with E-state index in [1.54, 1.807) is 68.4 Å². The highest BCUT2D eigenvalue weighted by Gasteiger charge is 2.35. The van der Waals surface area contributed by atoms with Crippen LogP contribution in [0, 0.1) is 13.8 Å². The van der Waals surface area contributed by atoms with E-state index in [2.05, 4.69) is 5.32 Å². The fourth-order valence-electron chi connectivity index (χ4n) is 4.87. The zero-order valence-corrected chi connectivity index (χ0v) is 27.2. The van der Waals surface area contributed by atoms with Crippen LogP contribution in [0.1, 0.15) is 29.2 Å². The summed E-state index contributed by atoms with van der Waals surface area (Å²) in [6.45, 7) is 5.28. The summed E-state index contributed by atoms with van der Waals surface area (Å²) in [5.74, 6) is -0.907. The Morgan fingerprint density at radius 1 is 0.818 bits per heavy atom. The van der Waals surface area contributed by atoms with E-state index in [1.807, 2.05) is 37.3 Å². The number of benzene rings is 4. The number of likely N-dealkylation sites (N-methyl/N-ethyl adjacent to an activating group) is 1. The normalized spacial score (nSPS) is 11.9. The molecule has 0 fully saturated rings. The van der Waals surface area contributed by atoms with Crippen LogP contribution in [0.3, 0.4) is 0 Å². The lowest BCUT2D eigenvalue weighted by Crippen LogP contribution is -2.53. The number of sulfonamides is 1. The van der Waals surface area contributed by atoms with Gasteiger partial charge in [0.2, 0.25) is 11.8 Å². The van der Waals surface area contributed by atoms with Gasteiger partial charge >= 0.3 is 0 Å². The number of amides is 2. The molecule has 0 aromatic heterocycles. The molecule has 4 aromatic rings. The molecule has 44 heavy (non-hydrogen) atoms. The lowest BCUT2D eigenvalue weighted by atomic mass is 10.0. The maximum atomic E-state index is 14.4. The van der Waals surface area contributed by atoms with Crippen molar-refractivity contribution in [1.82, 2.24) is 10.2 Å². The third-order valence-electron chi connectivity index (χ3n) is 7.23. The molecule has 0 radical (unpaired) electrons. The molecule has 2 amide bonds. The summed E-state index contributed by atoms with van der Waals surface area (Å²) >= 11 is 12.5. The van der Waals surface area contributed by atoms with E-state index in [-0.39, 0.29) is 23.8 Å². The fourth-order valence-corrected chi connectivity index (χ4v) is 6.67. The van der Waals surface area contributed by atoms with Gasteiger partial charge in [-0.15, -0.1) is 0 Å². The van der Waals surface area contributed by atoms with Gasteiger partial charge in [0, 0.05) is 19.5 Å². The molecule has 0 saturated carbocycles. The fraction of sp³-hybridized carbons (Fsp3) is 0.235. The molecule has 0 bridgehead atoms. The average Bonchev–Trinajstić information content (AvgIpc) is 3.00. The van der Waals surface area contributed by atoms with Gasteiger partial charge in [-0.05, 0) is 67.8 Å². The summed E-state index contributed by atoms with van der Waals surface area (Å²) in [6.07, 6.45) is 0.217. The van der Waals surface area contributed by atoms with Crippen molar-refractivity contribution in [1.29, 1.82) is 0 Å². The average molecular weight is 653 g/mol. The van der Waals surface area contributed by atoms with Gasteiger partial charge in [0.25, 0.3) is 10.0 Å². The van der Waals surface area contributed by atoms with E-state index in [0.717, 1.165) is 15.4 Å². The van der Waals surface area contributed by atoms with Gasteiger partial charge in [-0.1, -0.05) is 95.5 Å². The number of nitrogens with zero attached hydrogens (tertiary/aromatic N) is 2. The smallest absolute Gasteiger partial charge is 0.264 e. The molecule has 1 N–H and O–H groups in total. The van der Waals surface area contributed by atoms with E-state index in [1.165, 1.54) is 17.0 Å². The van der Waals surface area contributed by atoms with Crippen LogP contribution >= 0.6 is 23.2 Å². The molecule has 4 rings (SSSR count). The molecule has 4 aromatic carbocycles. The standard InChI is InChI=1S/C34H35Cl2N3O4S/c1-4-37-34(41)32(21-26-11-6-5-7-12-26)38(22-27-16-19-29(35)30(36)20-27)33(40)23-39(31-13-9-8-10-25(31)3)44(42,43)28-17-14-24(2)15-18-28/h5-20,32H,4,21-23H2,1-3H3,(H,37,41). The van der Waals surface area contributed by atoms with Crippen LogP contribution in [0.15, 0.2) is 102 Å². The first-order valence-electron chi connectivity index (χ1n) is 14.2. The Balaban J connectivity index is 1.82. The number of anilines is 1. The van der Waals surface area contributed by atoms with Gasteiger partial charge < -0.3 is 10.2 Å². The number of carbonyl (C=O) groups excluding carboxylic acids is 2. The van der Waals surface area contributed by atoms with Crippen molar-refractivity contribution in [3.05, 3.63) is 129 Å². The molecule has 230 valence electrons. The van der Waals surface area contributed by atoms with Crippen LogP contribution in [0.4, 0.5) is 5.69 Å². The van der Waals surface area contributed by atoms with E-state index < -0.39 is 28.5 Å². The molecule has 1 atom stereocenters. The minimum Gasteiger partial charge on any atom is -0.355 e. The van der Waals surface area contributed by atoms with E-state index in [0.29, 0.717) is 33.4 Å². The maximum Gasteiger partial charge on any atom is 0.264 e. The Morgan fingerprint density at radius 3 is 2.11 bits per heavy atom. The zero-order valence-electron chi connectivity index (χ0n) is 24.8. The van der Waals surface area contributed by atoms with Crippen LogP contribution < -0.4 is 9.62 Å². The Morgan fingerprint density at radius 2 is 1.48 bits per heavy atom. The van der Waals surface area contributed by atoms with Crippen LogP contribution in [0.25, 0.3) is 0 Å². The molecule has 0 saturated heterocycles. The van der Waals surface area contributed by atoms with Crippen molar-refractivity contribution in [2.45, 2.75) is 44.7 Å². The third kappa shape index (κ3) is 8.00. The van der Waals surface area contributed by atoms with Crippen molar-refractivity contribution in [3.8, 4) is 0 Å². The first kappa shape index (κ1) is 33.1. The summed E-state index contributed by atoms with van der Waals surface area (Å²) in [5.41, 5.74) is 3.43. The first-order valence-corrected chi connectivity index (χ1v) is 16.4. The molecule has 0 spiro atoms. The number of hydrogen-bond acceptors (Lipinski definition) is 4. The van der Waals surface area contributed by atoms with Crippen LogP contribution in [-0.4, -0.2) is 44.3 Å². The molecule has 0 heterocycles. The minimum atomic E-state index is -4.18. The van der Waals surface area contributed by atoms with Gasteiger partial charge in [0.05, 0.1) is 20.6 Å². The van der Waals surface area contributed by atoms with Crippen molar-refractivity contribution < 1.29 is 18.0 Å². The van der Waals surface area contributed by atoms with Crippen molar-refractivity contribution >= 4 is 50.7 Å². The van der Waals surface area contributed by atoms with Gasteiger partial charge in [-0.3, -0.25) is 13.9 Å². The SMILES string of the molecule is CCNC(=O)C(Cc1ccccc1)N(Cc1ccc(Cl)c(Cl)c1)C(=O)CN(c1ccccc1C)S(=O)(=O)c1ccc(C)cc1. The Bertz CT molecular complexity index is 1710. The number of carbonyl (C=O) groups is 2. The first-order chi connectivity index (χ1) is 21.0. The van der Waals surface area contributed by atoms with Gasteiger partial charge in [-0.2, -0.15) is 0 Å². The summed E-state index contributed by atoms with van der Waals surface area (Å²) in [4.78, 5) is 29.5. The number of aryl methyl sites for hydroxylation is 2. The lowest BCUT2D eigenvalue weighted by Gasteiger charge is -2.34. The Hall–Kier alpha value is -3.85. The lowest BCUT2D eigenvalue weighted by molar-refractivity contribution is -0.140. The summed E-state index contributed by atoms with van der Waals surface area (Å²) < 4.78 is 29.4. The number of rotatable bonds is 12. The highest BCUT2D eigenvalue weighted by atomic mass is 35.5. The molecule has 7 nitrogen and oxygen atoms in total. The quantitative estimate of drug-likeness (QED) is 0.187. The predicted octanol–water partition coefficient (Wildman–Crippen LogP) is 6.58. The summed E-state index contributed by atoms with van der Waals surface area (Å²) in [5, 5.41) is 3.51. The second-order valence-corrected chi connectivity index (χ2v) is 13.2. The topological polar surface area (TPSA) is 86.8 Å². The maximum absolute atomic E-state index is 14.4. The van der Waals surface area contributed by atoms with E-state index in [9.17, 15) is 18.0 Å². The molecule has 0 aliphatic heterocycles. The molecule has 0 aliphatic carbocycles. The molecule has 1 unspecified atom stereocenters. The largest absolute Gasteiger partial charge is 0.355 e. The second kappa shape index (κ2) is 14.8.